The van der Waals surface area contributed by atoms with E-state index in [2.05, 4.69) is 0 Å². The maximum atomic E-state index is 13.9. The Labute approximate surface area is 207 Å². The third-order valence-electron chi connectivity index (χ3n) is 6.13. The lowest BCUT2D eigenvalue weighted by molar-refractivity contribution is -0.151. The summed E-state index contributed by atoms with van der Waals surface area (Å²) in [4.78, 5) is 27.0. The Bertz CT molecular complexity index is 1170. The minimum Gasteiger partial charge on any atom is -0.495 e. The van der Waals surface area contributed by atoms with Crippen molar-refractivity contribution in [3.8, 4) is 5.75 Å². The van der Waals surface area contributed by atoms with E-state index < -0.39 is 10.0 Å². The highest BCUT2D eigenvalue weighted by atomic mass is 32.2. The van der Waals surface area contributed by atoms with E-state index in [1.54, 1.807) is 49.1 Å². The van der Waals surface area contributed by atoms with Crippen LogP contribution in [0.25, 0.3) is 0 Å². The average molecular weight is 503 g/mol. The maximum Gasteiger partial charge on any atom is 0.309 e. The number of carbonyl (C=O) groups excluding carboxylic acids is 2. The Balaban J connectivity index is 1.93. The van der Waals surface area contributed by atoms with Crippen LogP contribution in [0.4, 0.5) is 5.69 Å². The molecule has 190 valence electrons. The van der Waals surface area contributed by atoms with Crippen molar-refractivity contribution in [1.29, 1.82) is 0 Å². The van der Waals surface area contributed by atoms with Crippen LogP contribution in [0.2, 0.25) is 0 Å². The standard InChI is InChI=1S/C26H34N2O6S/c1-6-34-26(30)21-9-11-27(12-10-21)25(29)17-28(22-14-19(3)13-20(4)15-22)35(31,32)24-16-18(2)7-8-23(24)33-5/h7-8,13-16,21H,6,9-12,17H2,1-5H3. The zero-order chi connectivity index (χ0) is 25.8. The molecule has 0 bridgehead atoms. The van der Waals surface area contributed by atoms with Crippen molar-refractivity contribution in [2.45, 2.75) is 45.4 Å². The summed E-state index contributed by atoms with van der Waals surface area (Å²) in [5, 5.41) is 0. The van der Waals surface area contributed by atoms with Gasteiger partial charge in [0.25, 0.3) is 10.0 Å². The molecule has 0 aromatic heterocycles. The Kier molecular flexibility index (Phi) is 8.43. The number of hydrogen-bond donors (Lipinski definition) is 0. The van der Waals surface area contributed by atoms with Crippen LogP contribution in [-0.2, 0) is 24.3 Å². The second-order valence-electron chi connectivity index (χ2n) is 8.92. The number of benzene rings is 2. The molecule has 35 heavy (non-hydrogen) atoms. The molecule has 1 amide bonds. The van der Waals surface area contributed by atoms with Crippen LogP contribution in [0.1, 0.15) is 36.5 Å². The van der Waals surface area contributed by atoms with Gasteiger partial charge in [0.15, 0.2) is 0 Å². The van der Waals surface area contributed by atoms with E-state index >= 15 is 0 Å². The highest BCUT2D eigenvalue weighted by Gasteiger charge is 2.34. The fraction of sp³-hybridized carbons (Fsp3) is 0.462. The van der Waals surface area contributed by atoms with Crippen molar-refractivity contribution in [3.05, 3.63) is 53.1 Å². The fourth-order valence-electron chi connectivity index (χ4n) is 4.36. The number of methoxy groups -OCH3 is 1. The van der Waals surface area contributed by atoms with Crippen LogP contribution in [0.15, 0.2) is 41.3 Å². The molecule has 8 nitrogen and oxygen atoms in total. The maximum absolute atomic E-state index is 13.9. The lowest BCUT2D eigenvalue weighted by Crippen LogP contribution is -2.46. The van der Waals surface area contributed by atoms with Gasteiger partial charge in [-0.05, 0) is 81.5 Å². The van der Waals surface area contributed by atoms with E-state index in [9.17, 15) is 18.0 Å². The summed E-state index contributed by atoms with van der Waals surface area (Å²) in [6.45, 7) is 8.05. The van der Waals surface area contributed by atoms with Gasteiger partial charge in [-0.15, -0.1) is 0 Å². The quantitative estimate of drug-likeness (QED) is 0.512. The fourth-order valence-corrected chi connectivity index (χ4v) is 6.00. The van der Waals surface area contributed by atoms with Crippen LogP contribution in [0.5, 0.6) is 5.75 Å². The van der Waals surface area contributed by atoms with Gasteiger partial charge in [-0.3, -0.25) is 13.9 Å². The number of esters is 1. The summed E-state index contributed by atoms with van der Waals surface area (Å²) >= 11 is 0. The lowest BCUT2D eigenvalue weighted by atomic mass is 9.97. The first kappa shape index (κ1) is 26.5. The number of aryl methyl sites for hydroxylation is 3. The molecule has 2 aromatic carbocycles. The Morgan fingerprint density at radius 1 is 1.00 bits per heavy atom. The molecule has 1 aliphatic rings. The smallest absolute Gasteiger partial charge is 0.309 e. The lowest BCUT2D eigenvalue weighted by Gasteiger charge is -2.33. The molecule has 1 saturated heterocycles. The van der Waals surface area contributed by atoms with Crippen LogP contribution >= 0.6 is 0 Å². The number of ether oxygens (including phenoxy) is 2. The number of piperidine rings is 1. The van der Waals surface area contributed by atoms with Gasteiger partial charge in [0, 0.05) is 13.1 Å². The van der Waals surface area contributed by atoms with Crippen molar-refractivity contribution in [2.75, 3.05) is 37.7 Å². The summed E-state index contributed by atoms with van der Waals surface area (Å²) in [5.74, 6) is -0.588. The topological polar surface area (TPSA) is 93.2 Å². The monoisotopic (exact) mass is 502 g/mol. The molecule has 0 spiro atoms. The van der Waals surface area contributed by atoms with E-state index in [-0.39, 0.29) is 35.0 Å². The molecule has 2 aromatic rings. The predicted molar refractivity (Wildman–Crippen MR) is 134 cm³/mol. The number of nitrogens with zero attached hydrogens (tertiary/aromatic N) is 2. The van der Waals surface area contributed by atoms with Gasteiger partial charge in [-0.25, -0.2) is 8.42 Å². The first-order chi connectivity index (χ1) is 16.6. The SMILES string of the molecule is CCOC(=O)C1CCN(C(=O)CN(c2cc(C)cc(C)c2)S(=O)(=O)c2cc(C)ccc2OC)CC1. The first-order valence-corrected chi connectivity index (χ1v) is 13.2. The number of likely N-dealkylation sites (tertiary alicyclic amines) is 1. The van der Waals surface area contributed by atoms with Crippen LogP contribution in [0.3, 0.4) is 0 Å². The van der Waals surface area contributed by atoms with E-state index in [0.717, 1.165) is 21.0 Å². The number of carbonyl (C=O) groups is 2. The van der Waals surface area contributed by atoms with Gasteiger partial charge < -0.3 is 14.4 Å². The zero-order valence-corrected chi connectivity index (χ0v) is 21.9. The number of rotatable bonds is 8. The molecule has 0 radical (unpaired) electrons. The van der Waals surface area contributed by atoms with E-state index in [4.69, 9.17) is 9.47 Å². The number of hydrogen-bond acceptors (Lipinski definition) is 6. The largest absolute Gasteiger partial charge is 0.495 e. The van der Waals surface area contributed by atoms with Crippen molar-refractivity contribution in [1.82, 2.24) is 4.90 Å². The van der Waals surface area contributed by atoms with Crippen molar-refractivity contribution in [3.63, 3.8) is 0 Å². The summed E-state index contributed by atoms with van der Waals surface area (Å²) in [5.41, 5.74) is 2.95. The minimum absolute atomic E-state index is 0.00739. The zero-order valence-electron chi connectivity index (χ0n) is 21.0. The summed E-state index contributed by atoms with van der Waals surface area (Å²) in [6, 6.07) is 10.4. The van der Waals surface area contributed by atoms with E-state index in [1.807, 2.05) is 19.9 Å². The van der Waals surface area contributed by atoms with Gasteiger partial charge in [0.1, 0.15) is 17.2 Å². The van der Waals surface area contributed by atoms with Gasteiger partial charge in [-0.1, -0.05) is 12.1 Å². The van der Waals surface area contributed by atoms with Crippen molar-refractivity contribution < 1.29 is 27.5 Å². The Morgan fingerprint density at radius 2 is 1.63 bits per heavy atom. The number of anilines is 1. The van der Waals surface area contributed by atoms with Crippen LogP contribution in [0, 0.1) is 26.7 Å². The highest BCUT2D eigenvalue weighted by molar-refractivity contribution is 7.93. The first-order valence-electron chi connectivity index (χ1n) is 11.8. The van der Waals surface area contributed by atoms with Gasteiger partial charge in [-0.2, -0.15) is 0 Å². The molecule has 0 aliphatic carbocycles. The van der Waals surface area contributed by atoms with Crippen molar-refractivity contribution in [2.24, 2.45) is 5.92 Å². The molecule has 0 atom stereocenters. The number of sulfonamides is 1. The molecule has 1 aliphatic heterocycles. The molecule has 9 heteroatoms. The molecule has 1 heterocycles. The van der Waals surface area contributed by atoms with Gasteiger partial charge in [0.05, 0.1) is 25.3 Å². The van der Waals surface area contributed by atoms with Crippen LogP contribution in [-0.4, -0.2) is 58.5 Å². The molecule has 0 N–H and O–H groups in total. The molecule has 0 unspecified atom stereocenters. The summed E-state index contributed by atoms with van der Waals surface area (Å²) in [6.07, 6.45) is 0.985. The molecule has 1 fully saturated rings. The molecular weight excluding hydrogens is 468 g/mol. The third-order valence-corrected chi connectivity index (χ3v) is 7.92. The van der Waals surface area contributed by atoms with Crippen molar-refractivity contribution >= 4 is 27.6 Å². The Morgan fingerprint density at radius 3 is 2.20 bits per heavy atom. The minimum atomic E-state index is -4.13. The Hall–Kier alpha value is -3.07. The summed E-state index contributed by atoms with van der Waals surface area (Å²) < 4.78 is 39.5. The third kappa shape index (κ3) is 6.14. The molecular formula is C26H34N2O6S. The van der Waals surface area contributed by atoms with Crippen LogP contribution < -0.4 is 9.04 Å². The van der Waals surface area contributed by atoms with E-state index in [0.29, 0.717) is 38.2 Å². The molecule has 3 rings (SSSR count). The van der Waals surface area contributed by atoms with Gasteiger partial charge >= 0.3 is 5.97 Å². The second kappa shape index (κ2) is 11.1. The average Bonchev–Trinajstić information content (AvgIpc) is 2.81. The highest BCUT2D eigenvalue weighted by Crippen LogP contribution is 2.32. The molecule has 0 saturated carbocycles. The summed E-state index contributed by atoms with van der Waals surface area (Å²) in [7, 11) is -2.71. The van der Waals surface area contributed by atoms with E-state index in [1.165, 1.54) is 7.11 Å². The normalized spacial score (nSPS) is 14.5. The number of amides is 1. The second-order valence-corrected chi connectivity index (χ2v) is 10.7. The van der Waals surface area contributed by atoms with Gasteiger partial charge in [0.2, 0.25) is 5.91 Å². The predicted octanol–water partition coefficient (Wildman–Crippen LogP) is 3.62.